The second kappa shape index (κ2) is 7.02. The highest BCUT2D eigenvalue weighted by molar-refractivity contribution is 9.10. The Balaban J connectivity index is 2.95. The molecule has 1 aromatic rings. The number of anilines is 1. The summed E-state index contributed by atoms with van der Waals surface area (Å²) in [6.45, 7) is 8.64. The summed E-state index contributed by atoms with van der Waals surface area (Å²) < 4.78 is 1.15. The van der Waals surface area contributed by atoms with E-state index in [1.807, 2.05) is 6.92 Å². The Bertz CT molecular complexity index is 344. The van der Waals surface area contributed by atoms with E-state index in [-0.39, 0.29) is 6.04 Å². The summed E-state index contributed by atoms with van der Waals surface area (Å²) in [4.78, 5) is 2.43. The van der Waals surface area contributed by atoms with E-state index in [0.29, 0.717) is 0 Å². The lowest BCUT2D eigenvalue weighted by molar-refractivity contribution is 0.742. The Morgan fingerprint density at radius 1 is 1.24 bits per heavy atom. The average molecular weight is 299 g/mol. The summed E-state index contributed by atoms with van der Waals surface area (Å²) in [5, 5.41) is 0. The first-order valence-corrected chi connectivity index (χ1v) is 7.19. The maximum absolute atomic E-state index is 5.89. The highest BCUT2D eigenvalue weighted by Gasteiger charge is 2.10. The molecule has 0 aliphatic heterocycles. The lowest BCUT2D eigenvalue weighted by Gasteiger charge is -2.25. The van der Waals surface area contributed by atoms with Crippen molar-refractivity contribution in [3.8, 4) is 0 Å². The Kier molecular flexibility index (Phi) is 6.00. The van der Waals surface area contributed by atoms with Gasteiger partial charge in [-0.05, 0) is 53.4 Å². The zero-order chi connectivity index (χ0) is 12.8. The predicted octanol–water partition coefficient (Wildman–Crippen LogP) is 4.10. The molecule has 96 valence electrons. The lowest BCUT2D eigenvalue weighted by atomic mass is 10.1. The van der Waals surface area contributed by atoms with E-state index in [1.54, 1.807) is 0 Å². The second-order valence-corrected chi connectivity index (χ2v) is 5.34. The van der Waals surface area contributed by atoms with Gasteiger partial charge in [-0.15, -0.1) is 0 Å². The molecule has 2 N–H and O–H groups in total. The second-order valence-electron chi connectivity index (χ2n) is 4.49. The molecule has 0 amide bonds. The summed E-state index contributed by atoms with van der Waals surface area (Å²) in [6.07, 6.45) is 2.34. The van der Waals surface area contributed by atoms with Crippen LogP contribution in [0.1, 0.15) is 45.2 Å². The van der Waals surface area contributed by atoms with Crippen molar-refractivity contribution in [2.45, 2.75) is 39.7 Å². The van der Waals surface area contributed by atoms with Gasteiger partial charge in [0.2, 0.25) is 0 Å². The molecule has 0 heterocycles. The Hall–Kier alpha value is -0.540. The monoisotopic (exact) mass is 298 g/mol. The van der Waals surface area contributed by atoms with Gasteiger partial charge in [0, 0.05) is 23.6 Å². The first-order chi connectivity index (χ1) is 8.10. The van der Waals surface area contributed by atoms with Crippen LogP contribution in [-0.4, -0.2) is 13.1 Å². The van der Waals surface area contributed by atoms with Crippen molar-refractivity contribution in [2.75, 3.05) is 18.0 Å². The molecule has 1 rings (SSSR count). The first kappa shape index (κ1) is 14.5. The minimum Gasteiger partial charge on any atom is -0.371 e. The minimum atomic E-state index is 0.0890. The molecule has 0 aromatic heterocycles. The topological polar surface area (TPSA) is 29.3 Å². The largest absolute Gasteiger partial charge is 0.371 e. The van der Waals surface area contributed by atoms with Crippen molar-refractivity contribution in [2.24, 2.45) is 5.73 Å². The molecule has 1 aromatic carbocycles. The van der Waals surface area contributed by atoms with Crippen LogP contribution in [-0.2, 0) is 0 Å². The van der Waals surface area contributed by atoms with Gasteiger partial charge in [-0.2, -0.15) is 0 Å². The molecule has 0 radical (unpaired) electrons. The van der Waals surface area contributed by atoms with Crippen LogP contribution < -0.4 is 10.6 Å². The summed E-state index contributed by atoms with van der Waals surface area (Å²) in [5.41, 5.74) is 8.34. The van der Waals surface area contributed by atoms with Gasteiger partial charge in [0.1, 0.15) is 0 Å². The number of hydrogen-bond acceptors (Lipinski definition) is 2. The lowest BCUT2D eigenvalue weighted by Crippen LogP contribution is -2.25. The number of nitrogens with zero attached hydrogens (tertiary/aromatic N) is 1. The van der Waals surface area contributed by atoms with E-state index in [2.05, 4.69) is 52.9 Å². The molecular weight excluding hydrogens is 276 g/mol. The van der Waals surface area contributed by atoms with E-state index >= 15 is 0 Å². The SMILES string of the molecule is CCCN(CCC)c1ccc(C(C)N)cc1Br. The first-order valence-electron chi connectivity index (χ1n) is 6.40. The molecule has 0 spiro atoms. The van der Waals surface area contributed by atoms with Gasteiger partial charge < -0.3 is 10.6 Å². The third-order valence-corrected chi connectivity index (χ3v) is 3.46. The molecule has 0 fully saturated rings. The summed E-state index contributed by atoms with van der Waals surface area (Å²) in [5.74, 6) is 0. The fourth-order valence-corrected chi connectivity index (χ4v) is 2.60. The highest BCUT2D eigenvalue weighted by Crippen LogP contribution is 2.29. The molecule has 0 aliphatic rings. The van der Waals surface area contributed by atoms with Crippen LogP contribution in [0.5, 0.6) is 0 Å². The molecule has 0 saturated heterocycles. The van der Waals surface area contributed by atoms with Crippen LogP contribution in [0.15, 0.2) is 22.7 Å². The van der Waals surface area contributed by atoms with Crippen LogP contribution in [0.25, 0.3) is 0 Å². The van der Waals surface area contributed by atoms with Gasteiger partial charge in [-0.1, -0.05) is 19.9 Å². The van der Waals surface area contributed by atoms with E-state index in [4.69, 9.17) is 5.73 Å². The highest BCUT2D eigenvalue weighted by atomic mass is 79.9. The molecule has 3 heteroatoms. The van der Waals surface area contributed by atoms with Crippen LogP contribution in [0.2, 0.25) is 0 Å². The van der Waals surface area contributed by atoms with Crippen LogP contribution in [0, 0.1) is 0 Å². The zero-order valence-electron chi connectivity index (χ0n) is 11.0. The van der Waals surface area contributed by atoms with Gasteiger partial charge >= 0.3 is 0 Å². The predicted molar refractivity (Wildman–Crippen MR) is 79.5 cm³/mol. The van der Waals surface area contributed by atoms with E-state index in [1.165, 1.54) is 24.1 Å². The number of nitrogens with two attached hydrogens (primary N) is 1. The average Bonchev–Trinajstić information content (AvgIpc) is 2.28. The summed E-state index contributed by atoms with van der Waals surface area (Å²) in [6, 6.07) is 6.53. The fourth-order valence-electron chi connectivity index (χ4n) is 1.96. The minimum absolute atomic E-state index is 0.0890. The van der Waals surface area contributed by atoms with Gasteiger partial charge in [0.05, 0.1) is 5.69 Å². The van der Waals surface area contributed by atoms with Crippen molar-refractivity contribution in [1.29, 1.82) is 0 Å². The van der Waals surface area contributed by atoms with Crippen LogP contribution in [0.4, 0.5) is 5.69 Å². The quantitative estimate of drug-likeness (QED) is 0.857. The number of halogens is 1. The standard InChI is InChI=1S/C14H23BrN2/c1-4-8-17(9-5-2)14-7-6-12(11(3)16)10-13(14)15/h6-7,10-11H,4-5,8-9,16H2,1-3H3. The van der Waals surface area contributed by atoms with Gasteiger partial charge in [-0.3, -0.25) is 0 Å². The molecule has 1 unspecified atom stereocenters. The maximum atomic E-state index is 5.89. The van der Waals surface area contributed by atoms with E-state index < -0.39 is 0 Å². The molecule has 2 nitrogen and oxygen atoms in total. The normalized spacial score (nSPS) is 12.5. The molecule has 0 saturated carbocycles. The van der Waals surface area contributed by atoms with E-state index in [9.17, 15) is 0 Å². The number of benzene rings is 1. The van der Waals surface area contributed by atoms with Crippen molar-refractivity contribution in [3.05, 3.63) is 28.2 Å². The smallest absolute Gasteiger partial charge is 0.0510 e. The third-order valence-electron chi connectivity index (χ3n) is 2.83. The molecule has 17 heavy (non-hydrogen) atoms. The fraction of sp³-hybridized carbons (Fsp3) is 0.571. The molecule has 1 atom stereocenters. The number of rotatable bonds is 6. The Morgan fingerprint density at radius 2 is 1.82 bits per heavy atom. The van der Waals surface area contributed by atoms with Crippen molar-refractivity contribution < 1.29 is 0 Å². The Morgan fingerprint density at radius 3 is 2.24 bits per heavy atom. The summed E-state index contributed by atoms with van der Waals surface area (Å²) in [7, 11) is 0. The molecule has 0 aliphatic carbocycles. The van der Waals surface area contributed by atoms with Crippen molar-refractivity contribution in [3.63, 3.8) is 0 Å². The third kappa shape index (κ3) is 4.00. The maximum Gasteiger partial charge on any atom is 0.0510 e. The van der Waals surface area contributed by atoms with Crippen molar-refractivity contribution in [1.82, 2.24) is 0 Å². The summed E-state index contributed by atoms with van der Waals surface area (Å²) >= 11 is 3.66. The van der Waals surface area contributed by atoms with Crippen LogP contribution >= 0.6 is 15.9 Å². The molecular formula is C14H23BrN2. The molecule has 0 bridgehead atoms. The zero-order valence-corrected chi connectivity index (χ0v) is 12.6. The van der Waals surface area contributed by atoms with Gasteiger partial charge in [-0.25, -0.2) is 0 Å². The van der Waals surface area contributed by atoms with Crippen molar-refractivity contribution >= 4 is 21.6 Å². The van der Waals surface area contributed by atoms with Gasteiger partial charge in [0.15, 0.2) is 0 Å². The number of hydrogen-bond donors (Lipinski definition) is 1. The van der Waals surface area contributed by atoms with Crippen LogP contribution in [0.3, 0.4) is 0 Å². The Labute approximate surface area is 113 Å². The van der Waals surface area contributed by atoms with E-state index in [0.717, 1.165) is 17.6 Å². The van der Waals surface area contributed by atoms with Gasteiger partial charge in [0.25, 0.3) is 0 Å².